The van der Waals surface area contributed by atoms with E-state index in [-0.39, 0.29) is 5.56 Å². The Balaban J connectivity index is 2.45. The molecule has 0 amide bonds. The van der Waals surface area contributed by atoms with Crippen LogP contribution in [0, 0.1) is 0 Å². The fourth-order valence-electron chi connectivity index (χ4n) is 2.53. The maximum absolute atomic E-state index is 12.0. The third-order valence-electron chi connectivity index (χ3n) is 3.65. The first-order chi connectivity index (χ1) is 10.4. The molecule has 0 saturated carbocycles. The van der Waals surface area contributed by atoms with Crippen molar-refractivity contribution in [2.24, 2.45) is 0 Å². The zero-order valence-electron chi connectivity index (χ0n) is 12.9. The van der Waals surface area contributed by atoms with Crippen LogP contribution in [0.1, 0.15) is 36.5 Å². The van der Waals surface area contributed by atoms with Gasteiger partial charge in [0.05, 0.1) is 4.90 Å². The van der Waals surface area contributed by atoms with Crippen molar-refractivity contribution < 1.29 is 8.42 Å². The molecule has 0 aliphatic carbocycles. The van der Waals surface area contributed by atoms with Crippen LogP contribution in [0.15, 0.2) is 46.2 Å². The van der Waals surface area contributed by atoms with Gasteiger partial charge >= 0.3 is 0 Å². The van der Waals surface area contributed by atoms with Crippen molar-refractivity contribution in [3.05, 3.63) is 63.6 Å². The second-order valence-electron chi connectivity index (χ2n) is 5.51. The molecule has 0 fully saturated rings. The van der Waals surface area contributed by atoms with E-state index in [1.807, 2.05) is 6.07 Å². The van der Waals surface area contributed by atoms with Crippen LogP contribution in [0.5, 0.6) is 0 Å². The highest BCUT2D eigenvalue weighted by Crippen LogP contribution is 2.24. The standard InChI is InChI=1S/C17H21NO3S/c1-3-4-7-15-14(6-5-8-16(15)22(2,20)21)11-13-9-10-17(19)18-12-13/h5-6,8-10,12H,3-4,7,11H2,1-2H3,(H,18,19). The Morgan fingerprint density at radius 2 is 1.91 bits per heavy atom. The number of nitrogens with one attached hydrogen (secondary N) is 1. The zero-order chi connectivity index (χ0) is 16.2. The molecule has 0 spiro atoms. The van der Waals surface area contributed by atoms with Gasteiger partial charge < -0.3 is 4.98 Å². The van der Waals surface area contributed by atoms with Crippen LogP contribution < -0.4 is 5.56 Å². The smallest absolute Gasteiger partial charge is 0.247 e. The SMILES string of the molecule is CCCCc1c(Cc2ccc(=O)[nH]c2)cccc1S(C)(=O)=O. The normalized spacial score (nSPS) is 11.5. The maximum Gasteiger partial charge on any atom is 0.247 e. The van der Waals surface area contributed by atoms with E-state index in [9.17, 15) is 13.2 Å². The number of aromatic nitrogens is 1. The van der Waals surface area contributed by atoms with E-state index in [1.54, 1.807) is 24.4 Å². The van der Waals surface area contributed by atoms with Crippen LogP contribution in [0.25, 0.3) is 0 Å². The maximum atomic E-state index is 12.0. The molecule has 0 aliphatic rings. The van der Waals surface area contributed by atoms with Crippen LogP contribution in [0.4, 0.5) is 0 Å². The van der Waals surface area contributed by atoms with Crippen molar-refractivity contribution in [1.82, 2.24) is 4.98 Å². The van der Waals surface area contributed by atoms with Gasteiger partial charge in [-0.3, -0.25) is 4.79 Å². The van der Waals surface area contributed by atoms with Gasteiger partial charge in [0.15, 0.2) is 9.84 Å². The number of pyridine rings is 1. The van der Waals surface area contributed by atoms with Crippen molar-refractivity contribution in [2.75, 3.05) is 6.26 Å². The molecule has 0 saturated heterocycles. The van der Waals surface area contributed by atoms with E-state index < -0.39 is 9.84 Å². The molecule has 4 nitrogen and oxygen atoms in total. The van der Waals surface area contributed by atoms with Gasteiger partial charge in [-0.1, -0.05) is 31.5 Å². The minimum absolute atomic E-state index is 0.139. The van der Waals surface area contributed by atoms with Crippen molar-refractivity contribution >= 4 is 9.84 Å². The van der Waals surface area contributed by atoms with E-state index in [1.165, 1.54) is 12.3 Å². The number of unbranched alkanes of at least 4 members (excludes halogenated alkanes) is 1. The lowest BCUT2D eigenvalue weighted by Gasteiger charge is -2.14. The van der Waals surface area contributed by atoms with Gasteiger partial charge in [-0.15, -0.1) is 0 Å². The molecule has 5 heteroatoms. The lowest BCUT2D eigenvalue weighted by atomic mass is 9.97. The lowest BCUT2D eigenvalue weighted by molar-refractivity contribution is 0.600. The number of benzene rings is 1. The summed E-state index contributed by atoms with van der Waals surface area (Å²) in [5.74, 6) is 0. The highest BCUT2D eigenvalue weighted by atomic mass is 32.2. The molecule has 1 heterocycles. The molecule has 2 rings (SSSR count). The summed E-state index contributed by atoms with van der Waals surface area (Å²) in [5.41, 5.74) is 2.73. The minimum atomic E-state index is -3.24. The number of sulfone groups is 1. The Morgan fingerprint density at radius 1 is 1.14 bits per heavy atom. The minimum Gasteiger partial charge on any atom is -0.329 e. The summed E-state index contributed by atoms with van der Waals surface area (Å²) in [7, 11) is -3.24. The monoisotopic (exact) mass is 319 g/mol. The second-order valence-corrected chi connectivity index (χ2v) is 7.49. The Bertz CT molecular complexity index is 786. The predicted molar refractivity (Wildman–Crippen MR) is 88.0 cm³/mol. The van der Waals surface area contributed by atoms with Crippen LogP contribution in [0.2, 0.25) is 0 Å². The van der Waals surface area contributed by atoms with E-state index in [2.05, 4.69) is 11.9 Å². The zero-order valence-corrected chi connectivity index (χ0v) is 13.7. The summed E-state index contributed by atoms with van der Waals surface area (Å²) in [6.07, 6.45) is 6.25. The van der Waals surface area contributed by atoms with Gasteiger partial charge in [-0.05, 0) is 42.0 Å². The fraction of sp³-hybridized carbons (Fsp3) is 0.353. The number of rotatable bonds is 6. The molecule has 1 N–H and O–H groups in total. The average Bonchev–Trinajstić information content (AvgIpc) is 2.47. The Hall–Kier alpha value is -1.88. The van der Waals surface area contributed by atoms with Gasteiger partial charge in [-0.2, -0.15) is 0 Å². The molecular weight excluding hydrogens is 298 g/mol. The Morgan fingerprint density at radius 3 is 2.50 bits per heavy atom. The Kier molecular flexibility index (Phi) is 5.19. The van der Waals surface area contributed by atoms with Crippen molar-refractivity contribution in [2.45, 2.75) is 37.5 Å². The van der Waals surface area contributed by atoms with E-state index in [0.717, 1.165) is 36.0 Å². The predicted octanol–water partition coefficient (Wildman–Crippen LogP) is 2.71. The molecule has 0 bridgehead atoms. The van der Waals surface area contributed by atoms with Gasteiger partial charge in [0.1, 0.15) is 0 Å². The van der Waals surface area contributed by atoms with Crippen molar-refractivity contribution in [3.63, 3.8) is 0 Å². The molecule has 1 aromatic heterocycles. The van der Waals surface area contributed by atoms with Gasteiger partial charge in [0, 0.05) is 18.5 Å². The highest BCUT2D eigenvalue weighted by molar-refractivity contribution is 7.90. The highest BCUT2D eigenvalue weighted by Gasteiger charge is 2.16. The molecule has 2 aromatic rings. The number of hydrogen-bond acceptors (Lipinski definition) is 3. The fourth-order valence-corrected chi connectivity index (χ4v) is 3.54. The summed E-state index contributed by atoms with van der Waals surface area (Å²) in [6.45, 7) is 2.09. The molecule has 0 unspecified atom stereocenters. The third-order valence-corrected chi connectivity index (χ3v) is 4.83. The quantitative estimate of drug-likeness (QED) is 0.890. The van der Waals surface area contributed by atoms with Crippen molar-refractivity contribution in [1.29, 1.82) is 0 Å². The van der Waals surface area contributed by atoms with Crippen LogP contribution >= 0.6 is 0 Å². The van der Waals surface area contributed by atoms with Gasteiger partial charge in [0.25, 0.3) is 0 Å². The topological polar surface area (TPSA) is 67.0 Å². The third kappa shape index (κ3) is 4.07. The summed E-state index contributed by atoms with van der Waals surface area (Å²) in [6, 6.07) is 8.69. The van der Waals surface area contributed by atoms with E-state index >= 15 is 0 Å². The first kappa shape index (κ1) is 16.5. The molecule has 118 valence electrons. The number of H-pyrrole nitrogens is 1. The molecule has 0 aliphatic heterocycles. The van der Waals surface area contributed by atoms with Crippen molar-refractivity contribution in [3.8, 4) is 0 Å². The summed E-state index contributed by atoms with van der Waals surface area (Å²) in [4.78, 5) is 14.2. The first-order valence-corrected chi connectivity index (χ1v) is 9.29. The summed E-state index contributed by atoms with van der Waals surface area (Å²) in [5, 5.41) is 0. The Labute approximate surface area is 131 Å². The van der Waals surface area contributed by atoms with Crippen LogP contribution in [-0.4, -0.2) is 19.7 Å². The van der Waals surface area contributed by atoms with Crippen LogP contribution in [-0.2, 0) is 22.7 Å². The van der Waals surface area contributed by atoms with E-state index in [0.29, 0.717) is 11.3 Å². The van der Waals surface area contributed by atoms with Crippen LogP contribution in [0.3, 0.4) is 0 Å². The lowest BCUT2D eigenvalue weighted by Crippen LogP contribution is -2.08. The molecule has 0 atom stereocenters. The summed E-state index contributed by atoms with van der Waals surface area (Å²) >= 11 is 0. The molecule has 22 heavy (non-hydrogen) atoms. The molecular formula is C17H21NO3S. The van der Waals surface area contributed by atoms with E-state index in [4.69, 9.17) is 0 Å². The van der Waals surface area contributed by atoms with Gasteiger partial charge in [0.2, 0.25) is 5.56 Å². The largest absolute Gasteiger partial charge is 0.329 e. The number of hydrogen-bond donors (Lipinski definition) is 1. The molecule has 0 radical (unpaired) electrons. The second kappa shape index (κ2) is 6.92. The number of aromatic amines is 1. The van der Waals surface area contributed by atoms with Gasteiger partial charge in [-0.25, -0.2) is 8.42 Å². The average molecular weight is 319 g/mol. The molecule has 1 aromatic carbocycles. The first-order valence-electron chi connectivity index (χ1n) is 7.40. The summed E-state index contributed by atoms with van der Waals surface area (Å²) < 4.78 is 24.0.